The van der Waals surface area contributed by atoms with E-state index in [1.807, 2.05) is 59.1 Å². The van der Waals surface area contributed by atoms with Crippen LogP contribution in [0.25, 0.3) is 5.57 Å². The number of cyclic esters (lactones) is 1. The Balaban J connectivity index is 1.03. The van der Waals surface area contributed by atoms with Crippen LogP contribution in [-0.2, 0) is 19.5 Å². The topological polar surface area (TPSA) is 164 Å². The summed E-state index contributed by atoms with van der Waals surface area (Å²) in [6.45, 7) is 6.24. The molecule has 0 aliphatic carbocycles. The highest BCUT2D eigenvalue weighted by Gasteiger charge is 2.32. The summed E-state index contributed by atoms with van der Waals surface area (Å²) < 4.78 is 40.8. The first kappa shape index (κ1) is 43.1. The molecule has 7 rings (SSSR count). The lowest BCUT2D eigenvalue weighted by molar-refractivity contribution is -0.384. The maximum absolute atomic E-state index is 13.7. The number of esters is 1. The first-order valence-corrected chi connectivity index (χ1v) is 22.6. The minimum Gasteiger partial charge on any atom is -0.461 e. The van der Waals surface area contributed by atoms with Gasteiger partial charge < -0.3 is 24.6 Å². The Morgan fingerprint density at radius 3 is 2.42 bits per heavy atom. The van der Waals surface area contributed by atoms with Gasteiger partial charge in [-0.2, -0.15) is 0 Å². The number of halogens is 1. The predicted octanol–water partition coefficient (Wildman–Crippen LogP) is 6.43. The van der Waals surface area contributed by atoms with E-state index in [-0.39, 0.29) is 29.5 Å². The van der Waals surface area contributed by atoms with Gasteiger partial charge in [0.2, 0.25) is 0 Å². The van der Waals surface area contributed by atoms with Gasteiger partial charge in [0.15, 0.2) is 0 Å². The number of ether oxygens (including phenoxy) is 2. The largest absolute Gasteiger partial charge is 0.461 e. The van der Waals surface area contributed by atoms with Crippen LogP contribution < -0.4 is 14.9 Å². The standard InChI is InChI=1S/C43H47ClN6O8S2/c1-47-17-15-34(29-59-36-5-3-2-4-6-36)45-41-39(43(52)58-24-22-47)25-37(26-40(41)50(53)54)60(55,56)46-42(51)31-9-13-35(14-10-31)49-20-18-48(19-21-49)27-32-28-57-23-16-38(32)30-7-11-33(44)12-8-30/h2-14,25-26,34,45H,15-24,27-29H2,1H3,(H,46,51). The second kappa shape index (κ2) is 19.6. The quantitative estimate of drug-likeness (QED) is 0.0735. The zero-order chi connectivity index (χ0) is 42.2. The molecule has 2 N–H and O–H groups in total. The van der Waals surface area contributed by atoms with Crippen LogP contribution in [0, 0.1) is 10.1 Å². The summed E-state index contributed by atoms with van der Waals surface area (Å²) in [6.07, 6.45) is 1.43. The van der Waals surface area contributed by atoms with Crippen molar-refractivity contribution in [1.82, 2.24) is 14.5 Å². The third-order valence-corrected chi connectivity index (χ3v) is 13.6. The molecule has 0 aromatic heterocycles. The summed E-state index contributed by atoms with van der Waals surface area (Å²) in [6, 6.07) is 25.8. The van der Waals surface area contributed by atoms with E-state index >= 15 is 0 Å². The summed E-state index contributed by atoms with van der Waals surface area (Å²) in [5.41, 5.74) is 3.62. The number of amides is 1. The van der Waals surface area contributed by atoms with Crippen LogP contribution in [0.4, 0.5) is 17.1 Å². The molecule has 14 nitrogen and oxygen atoms in total. The SMILES string of the molecule is CN1CCOC(=O)c2cc(S(=O)(=O)NC(=O)c3ccc(N4CCN(CC5=C(c6ccc(Cl)cc6)CCOC5)CC4)cc3)cc([N+](=O)[O-])c2NC(CSc2ccccc2)CC1. The molecule has 316 valence electrons. The number of piperazine rings is 1. The van der Waals surface area contributed by atoms with Crippen molar-refractivity contribution in [2.75, 3.05) is 88.7 Å². The Hall–Kier alpha value is -4.97. The first-order valence-electron chi connectivity index (χ1n) is 19.7. The van der Waals surface area contributed by atoms with Crippen LogP contribution in [0.5, 0.6) is 0 Å². The monoisotopic (exact) mass is 874 g/mol. The molecule has 0 saturated carbocycles. The number of thioether (sulfide) groups is 1. The second-order valence-electron chi connectivity index (χ2n) is 15.0. The normalized spacial score (nSPS) is 18.5. The van der Waals surface area contributed by atoms with Gasteiger partial charge in [-0.1, -0.05) is 41.9 Å². The number of benzene rings is 4. The van der Waals surface area contributed by atoms with Crippen molar-refractivity contribution in [2.24, 2.45) is 0 Å². The van der Waals surface area contributed by atoms with E-state index in [1.54, 1.807) is 36.0 Å². The number of hydrogen-bond acceptors (Lipinski definition) is 13. The number of carbonyl (C=O) groups is 2. The number of sulfonamides is 1. The summed E-state index contributed by atoms with van der Waals surface area (Å²) in [7, 11) is -2.81. The van der Waals surface area contributed by atoms with Crippen molar-refractivity contribution < 1.29 is 32.4 Å². The van der Waals surface area contributed by atoms with Gasteiger partial charge in [-0.25, -0.2) is 17.9 Å². The molecule has 0 radical (unpaired) electrons. The van der Waals surface area contributed by atoms with Crippen LogP contribution in [0.3, 0.4) is 0 Å². The lowest BCUT2D eigenvalue weighted by atomic mass is 9.95. The van der Waals surface area contributed by atoms with Gasteiger partial charge in [-0.3, -0.25) is 19.8 Å². The molecule has 1 saturated heterocycles. The number of nitro benzene ring substituents is 1. The summed E-state index contributed by atoms with van der Waals surface area (Å²) in [5.74, 6) is -1.34. The fourth-order valence-corrected chi connectivity index (χ4v) is 9.60. The van der Waals surface area contributed by atoms with Crippen molar-refractivity contribution >= 4 is 67.9 Å². The number of nitrogens with zero attached hydrogens (tertiary/aromatic N) is 4. The minimum atomic E-state index is -4.69. The molecule has 0 spiro atoms. The Morgan fingerprint density at radius 1 is 0.967 bits per heavy atom. The highest BCUT2D eigenvalue weighted by Crippen LogP contribution is 2.35. The lowest BCUT2D eigenvalue weighted by Crippen LogP contribution is -2.47. The fourth-order valence-electron chi connectivity index (χ4n) is 7.46. The molecule has 3 aliphatic heterocycles. The highest BCUT2D eigenvalue weighted by atomic mass is 35.5. The van der Waals surface area contributed by atoms with Gasteiger partial charge in [0.05, 0.1) is 28.6 Å². The smallest absolute Gasteiger partial charge is 0.340 e. The first-order chi connectivity index (χ1) is 28.9. The van der Waals surface area contributed by atoms with Gasteiger partial charge in [-0.15, -0.1) is 11.8 Å². The number of likely N-dealkylation sites (N-methyl/N-ethyl adjacent to an activating group) is 1. The maximum Gasteiger partial charge on any atom is 0.340 e. The van der Waals surface area contributed by atoms with Crippen LogP contribution in [0.2, 0.25) is 5.02 Å². The van der Waals surface area contributed by atoms with Gasteiger partial charge in [0.1, 0.15) is 12.3 Å². The summed E-state index contributed by atoms with van der Waals surface area (Å²) >= 11 is 7.68. The van der Waals surface area contributed by atoms with Crippen molar-refractivity contribution in [2.45, 2.75) is 28.7 Å². The van der Waals surface area contributed by atoms with Crippen molar-refractivity contribution in [3.8, 4) is 0 Å². The van der Waals surface area contributed by atoms with E-state index in [9.17, 15) is 28.1 Å². The molecular formula is C43H47ClN6O8S2. The maximum atomic E-state index is 13.7. The number of carbonyl (C=O) groups excluding carboxylic acids is 2. The lowest BCUT2D eigenvalue weighted by Gasteiger charge is -2.37. The third-order valence-electron chi connectivity index (χ3n) is 10.8. The predicted molar refractivity (Wildman–Crippen MR) is 234 cm³/mol. The molecular weight excluding hydrogens is 828 g/mol. The zero-order valence-electron chi connectivity index (χ0n) is 33.2. The molecule has 4 aromatic carbocycles. The van der Waals surface area contributed by atoms with E-state index in [1.165, 1.54) is 16.7 Å². The average Bonchev–Trinajstić information content (AvgIpc) is 3.27. The molecule has 1 amide bonds. The van der Waals surface area contributed by atoms with Gasteiger partial charge in [-0.05, 0) is 97.7 Å². The molecule has 3 aliphatic rings. The average molecular weight is 875 g/mol. The molecule has 1 unspecified atom stereocenters. The summed E-state index contributed by atoms with van der Waals surface area (Å²) in [5, 5.41) is 16.4. The molecule has 17 heteroatoms. The number of fused-ring (bicyclic) bond motifs is 1. The van der Waals surface area contributed by atoms with Crippen molar-refractivity contribution in [3.63, 3.8) is 0 Å². The van der Waals surface area contributed by atoms with Crippen LogP contribution in [0.15, 0.2) is 106 Å². The molecule has 1 atom stereocenters. The van der Waals surface area contributed by atoms with E-state index in [2.05, 4.69) is 27.2 Å². The molecule has 1 fully saturated rings. The fraction of sp³-hybridized carbons (Fsp3) is 0.349. The van der Waals surface area contributed by atoms with Gasteiger partial charge in [0.25, 0.3) is 21.6 Å². The molecule has 4 aromatic rings. The summed E-state index contributed by atoms with van der Waals surface area (Å²) in [4.78, 5) is 45.6. The Bertz CT molecular complexity index is 2320. The van der Waals surface area contributed by atoms with Crippen molar-refractivity contribution in [3.05, 3.63) is 128 Å². The minimum absolute atomic E-state index is 0.00886. The number of anilines is 2. The molecule has 0 bridgehead atoms. The molecule has 60 heavy (non-hydrogen) atoms. The number of hydrogen-bond donors (Lipinski definition) is 2. The highest BCUT2D eigenvalue weighted by molar-refractivity contribution is 7.99. The van der Waals surface area contributed by atoms with Crippen LogP contribution >= 0.6 is 23.4 Å². The zero-order valence-corrected chi connectivity index (χ0v) is 35.6. The van der Waals surface area contributed by atoms with Crippen molar-refractivity contribution in [1.29, 1.82) is 0 Å². The van der Waals surface area contributed by atoms with E-state index < -0.39 is 37.4 Å². The van der Waals surface area contributed by atoms with E-state index in [0.29, 0.717) is 43.5 Å². The molecule has 3 heterocycles. The Morgan fingerprint density at radius 2 is 1.70 bits per heavy atom. The van der Waals surface area contributed by atoms with Gasteiger partial charge in [0, 0.05) is 78.3 Å². The van der Waals surface area contributed by atoms with Crippen LogP contribution in [0.1, 0.15) is 39.1 Å². The number of nitrogens with one attached hydrogen (secondary N) is 2. The Labute approximate surface area is 359 Å². The van der Waals surface area contributed by atoms with Gasteiger partial charge >= 0.3 is 5.97 Å². The van der Waals surface area contributed by atoms with Crippen LogP contribution in [-0.4, -0.2) is 119 Å². The second-order valence-corrected chi connectivity index (χ2v) is 18.2. The number of nitro groups is 1. The van der Waals surface area contributed by atoms with E-state index in [0.717, 1.165) is 61.9 Å². The number of rotatable bonds is 11. The van der Waals surface area contributed by atoms with E-state index in [4.69, 9.17) is 21.1 Å². The third kappa shape index (κ3) is 10.8. The Kier molecular flexibility index (Phi) is 14.1.